The molecular weight excluding hydrogens is 504 g/mol. The van der Waals surface area contributed by atoms with Gasteiger partial charge in [-0.3, -0.25) is 0 Å². The second kappa shape index (κ2) is 13.6. The molecule has 1 aliphatic carbocycles. The Bertz CT molecular complexity index is 1140. The summed E-state index contributed by atoms with van der Waals surface area (Å²) in [7, 11) is 11.6. The Labute approximate surface area is 243 Å². The van der Waals surface area contributed by atoms with Crippen LogP contribution in [0.3, 0.4) is 0 Å². The van der Waals surface area contributed by atoms with E-state index >= 15 is 0 Å². The molecule has 0 N–H and O–H groups in total. The number of allylic oxidation sites excluding steroid dienone is 1. The highest BCUT2D eigenvalue weighted by Crippen LogP contribution is 2.65. The first kappa shape index (κ1) is 30.0. The maximum Gasteiger partial charge on any atom is 0.252 e. The largest absolute Gasteiger partial charge is 0.252 e. The summed E-state index contributed by atoms with van der Waals surface area (Å²) in [4.78, 5) is 0. The molecule has 0 saturated heterocycles. The minimum atomic E-state index is -1.41. The number of nitrogens with zero attached hydrogens (tertiary/aromatic N) is 3. The van der Waals surface area contributed by atoms with Crippen LogP contribution in [0.2, 0.25) is 0 Å². The molecule has 0 bridgehead atoms. The van der Waals surface area contributed by atoms with E-state index in [1.807, 2.05) is 0 Å². The van der Waals surface area contributed by atoms with Crippen molar-refractivity contribution in [2.75, 3.05) is 42.3 Å². The van der Waals surface area contributed by atoms with Crippen molar-refractivity contribution in [3.63, 3.8) is 0 Å². The average molecular weight is 550 g/mol. The van der Waals surface area contributed by atoms with Crippen LogP contribution in [0.25, 0.3) is 0 Å². The Morgan fingerprint density at radius 3 is 1.00 bits per heavy atom. The summed E-state index contributed by atoms with van der Waals surface area (Å²) in [5, 5.41) is 0. The zero-order chi connectivity index (χ0) is 28.6. The predicted octanol–water partition coefficient (Wildman–Crippen LogP) is 5.42. The highest BCUT2D eigenvalue weighted by Gasteiger charge is 2.45. The first-order chi connectivity index (χ1) is 19.3. The normalized spacial score (nSPS) is 14.0. The third-order valence-electron chi connectivity index (χ3n) is 8.14. The van der Waals surface area contributed by atoms with Crippen molar-refractivity contribution in [1.29, 1.82) is 0 Å². The predicted molar refractivity (Wildman–Crippen MR) is 180 cm³/mol. The summed E-state index contributed by atoms with van der Waals surface area (Å²) in [6, 6.07) is 43.5. The van der Waals surface area contributed by atoms with Gasteiger partial charge in [-0.2, -0.15) is 35.9 Å². The Balaban J connectivity index is 0.000000212. The van der Waals surface area contributed by atoms with E-state index in [0.717, 1.165) is 5.92 Å². The monoisotopic (exact) mass is 549 g/mol. The summed E-state index contributed by atoms with van der Waals surface area (Å²) >= 11 is 0. The molecule has 0 heterocycles. The van der Waals surface area contributed by atoms with Gasteiger partial charge in [0.25, 0.3) is 7.71 Å². The summed E-state index contributed by atoms with van der Waals surface area (Å²) in [6.45, 7) is 0. The van der Waals surface area contributed by atoms with Crippen molar-refractivity contribution in [2.24, 2.45) is 5.92 Å². The summed E-state index contributed by atoms with van der Waals surface area (Å²) < 4.78 is 7.06. The standard InChI is InChI=1S/C24H20B.C11H25N3P/c1-5-13-21(14-6-1)25(22-15-7-2-8-16-22,23-17-9-3-10-18-23)24-19-11-4-12-20-24;1-12(2)15(13(3)4,14(5)6)10-9-11-7-8-11/h1-20H;9-11H,7-8H2,1-6H3/q-1;+1/b;10-9+. The maximum atomic E-state index is 2.44. The van der Waals surface area contributed by atoms with Crippen LogP contribution in [-0.2, 0) is 0 Å². The zero-order valence-electron chi connectivity index (χ0n) is 25.1. The SMILES string of the molecule is CN(C)[P+](/C=C/C1CC1)(N(C)C)N(C)C.c1ccc([B-](c2ccccc2)(c2ccccc2)c2ccccc2)cc1. The van der Waals surface area contributed by atoms with Crippen LogP contribution in [0.4, 0.5) is 0 Å². The lowest BCUT2D eigenvalue weighted by atomic mass is 9.13. The molecule has 0 aliphatic heterocycles. The maximum absolute atomic E-state index is 2.44. The molecule has 1 fully saturated rings. The van der Waals surface area contributed by atoms with Crippen molar-refractivity contribution < 1.29 is 0 Å². The second-order valence-electron chi connectivity index (χ2n) is 11.3. The first-order valence-electron chi connectivity index (χ1n) is 14.3. The van der Waals surface area contributed by atoms with Gasteiger partial charge in [0.05, 0.1) is 0 Å². The van der Waals surface area contributed by atoms with E-state index in [0.29, 0.717) is 0 Å². The van der Waals surface area contributed by atoms with E-state index in [2.05, 4.69) is 190 Å². The highest BCUT2D eigenvalue weighted by atomic mass is 31.2. The fourth-order valence-electron chi connectivity index (χ4n) is 6.12. The third kappa shape index (κ3) is 6.32. The van der Waals surface area contributed by atoms with Crippen LogP contribution in [0, 0.1) is 5.92 Å². The Morgan fingerprint density at radius 2 is 0.775 bits per heavy atom. The molecule has 40 heavy (non-hydrogen) atoms. The topological polar surface area (TPSA) is 9.72 Å². The smallest absolute Gasteiger partial charge is 0.195 e. The van der Waals surface area contributed by atoms with E-state index < -0.39 is 13.9 Å². The molecule has 0 amide bonds. The van der Waals surface area contributed by atoms with E-state index in [1.165, 1.54) is 34.7 Å². The number of hydrogen-bond acceptors (Lipinski definition) is 3. The van der Waals surface area contributed by atoms with Crippen molar-refractivity contribution in [1.82, 2.24) is 14.0 Å². The van der Waals surface area contributed by atoms with Gasteiger partial charge in [-0.1, -0.05) is 121 Å². The van der Waals surface area contributed by atoms with Gasteiger partial charge < -0.3 is 0 Å². The van der Waals surface area contributed by atoms with Gasteiger partial charge >= 0.3 is 0 Å². The van der Waals surface area contributed by atoms with Crippen molar-refractivity contribution >= 4 is 35.7 Å². The molecule has 0 unspecified atom stereocenters. The second-order valence-corrected chi connectivity index (χ2v) is 15.3. The molecule has 5 rings (SSSR count). The first-order valence-corrected chi connectivity index (χ1v) is 16.0. The molecule has 0 radical (unpaired) electrons. The van der Waals surface area contributed by atoms with E-state index in [9.17, 15) is 0 Å². The van der Waals surface area contributed by atoms with Crippen molar-refractivity contribution in [3.05, 3.63) is 133 Å². The van der Waals surface area contributed by atoms with Crippen LogP contribution in [-0.4, -0.2) is 62.4 Å². The van der Waals surface area contributed by atoms with E-state index in [4.69, 9.17) is 0 Å². The lowest BCUT2D eigenvalue weighted by molar-refractivity contribution is 0.471. The highest BCUT2D eigenvalue weighted by molar-refractivity contribution is 7.71. The molecule has 0 atom stereocenters. The van der Waals surface area contributed by atoms with Crippen molar-refractivity contribution in [3.8, 4) is 0 Å². The van der Waals surface area contributed by atoms with Gasteiger partial charge in [0, 0.05) is 42.3 Å². The fourth-order valence-corrected chi connectivity index (χ4v) is 9.54. The van der Waals surface area contributed by atoms with Crippen LogP contribution in [0.5, 0.6) is 0 Å². The molecule has 208 valence electrons. The van der Waals surface area contributed by atoms with Gasteiger partial charge in [0.2, 0.25) is 0 Å². The minimum absolute atomic E-state index is 0.851. The Morgan fingerprint density at radius 1 is 0.500 bits per heavy atom. The van der Waals surface area contributed by atoms with E-state index in [1.54, 1.807) is 0 Å². The molecule has 1 aliphatic rings. The van der Waals surface area contributed by atoms with Gasteiger partial charge in [-0.05, 0) is 24.8 Å². The number of rotatable bonds is 9. The van der Waals surface area contributed by atoms with Gasteiger partial charge in [-0.25, -0.2) is 0 Å². The van der Waals surface area contributed by atoms with Crippen LogP contribution < -0.4 is 21.9 Å². The van der Waals surface area contributed by atoms with Gasteiger partial charge in [0.15, 0.2) is 0 Å². The van der Waals surface area contributed by atoms with Crippen LogP contribution in [0.15, 0.2) is 133 Å². The Kier molecular flexibility index (Phi) is 10.2. The molecule has 5 heteroatoms. The summed E-state index contributed by atoms with van der Waals surface area (Å²) in [6.07, 6.45) is 3.95. The fraction of sp³-hybridized carbons (Fsp3) is 0.257. The number of benzene rings is 4. The average Bonchev–Trinajstić information content (AvgIpc) is 3.81. The van der Waals surface area contributed by atoms with Gasteiger partial charge in [-0.15, -0.1) is 0 Å². The molecule has 4 aromatic carbocycles. The molecule has 1 saturated carbocycles. The number of hydrogen-bond donors (Lipinski definition) is 0. The van der Waals surface area contributed by atoms with Crippen molar-refractivity contribution in [2.45, 2.75) is 12.8 Å². The zero-order valence-corrected chi connectivity index (χ0v) is 26.0. The van der Waals surface area contributed by atoms with Crippen LogP contribution >= 0.6 is 7.71 Å². The molecule has 3 nitrogen and oxygen atoms in total. The lowest BCUT2D eigenvalue weighted by Gasteiger charge is -2.44. The summed E-state index contributed by atoms with van der Waals surface area (Å²) in [5.41, 5.74) is 5.36. The molecular formula is C35H45BN3P. The third-order valence-corrected chi connectivity index (χ3v) is 12.2. The Hall–Kier alpha value is -3.01. The lowest BCUT2D eigenvalue weighted by Crippen LogP contribution is -2.74. The van der Waals surface area contributed by atoms with E-state index in [-0.39, 0.29) is 0 Å². The summed E-state index contributed by atoms with van der Waals surface area (Å²) in [5.74, 6) is 3.29. The molecule has 0 spiro atoms. The molecule has 0 aromatic heterocycles. The quantitative estimate of drug-likeness (QED) is 0.204. The molecule has 4 aromatic rings. The van der Waals surface area contributed by atoms with Gasteiger partial charge in [0.1, 0.15) is 12.0 Å². The van der Waals surface area contributed by atoms with Crippen LogP contribution in [0.1, 0.15) is 12.8 Å². The minimum Gasteiger partial charge on any atom is -0.195 e.